The number of nitrogens with zero attached hydrogens (tertiary/aromatic N) is 2. The zero-order valence-electron chi connectivity index (χ0n) is 10.8. The topological polar surface area (TPSA) is 45.2 Å². The van der Waals surface area contributed by atoms with Crippen LogP contribution in [0.1, 0.15) is 25.7 Å². The maximum Gasteiger partial charge on any atom is 0.223 e. The second-order valence-corrected chi connectivity index (χ2v) is 6.32. The van der Waals surface area contributed by atoms with Crippen molar-refractivity contribution in [3.63, 3.8) is 0 Å². The van der Waals surface area contributed by atoms with Crippen LogP contribution in [0.2, 0.25) is 0 Å². The number of hydrogen-bond donors (Lipinski definition) is 1. The quantitative estimate of drug-likeness (QED) is 0.928. The molecule has 1 aromatic heterocycles. The van der Waals surface area contributed by atoms with Gasteiger partial charge < -0.3 is 10.2 Å². The van der Waals surface area contributed by atoms with Crippen LogP contribution in [0.5, 0.6) is 0 Å². The Labute approximate surface area is 121 Å². The number of carbonyl (C=O) groups is 1. The molecule has 2 heterocycles. The molecule has 1 saturated heterocycles. The molecule has 1 atom stereocenters. The molecule has 1 aliphatic heterocycles. The van der Waals surface area contributed by atoms with Gasteiger partial charge in [0.05, 0.1) is 0 Å². The van der Waals surface area contributed by atoms with Crippen LogP contribution in [-0.4, -0.2) is 30.0 Å². The predicted molar refractivity (Wildman–Crippen MR) is 78.0 cm³/mol. The summed E-state index contributed by atoms with van der Waals surface area (Å²) in [5.41, 5.74) is 0. The fraction of sp³-hybridized carbons (Fsp3) is 0.571. The van der Waals surface area contributed by atoms with Crippen LogP contribution in [-0.2, 0) is 4.79 Å². The van der Waals surface area contributed by atoms with Gasteiger partial charge >= 0.3 is 0 Å². The lowest BCUT2D eigenvalue weighted by atomic mass is 10.1. The maximum atomic E-state index is 11.8. The zero-order valence-corrected chi connectivity index (χ0v) is 12.4. The molecule has 3 rings (SSSR count). The number of piperidine rings is 1. The van der Waals surface area contributed by atoms with Gasteiger partial charge in [0.25, 0.3) is 0 Å². The molecule has 0 bridgehead atoms. The minimum Gasteiger partial charge on any atom is -0.355 e. The van der Waals surface area contributed by atoms with E-state index in [0.29, 0.717) is 5.92 Å². The van der Waals surface area contributed by atoms with Crippen LogP contribution in [0, 0.1) is 5.92 Å². The van der Waals surface area contributed by atoms with Crippen molar-refractivity contribution < 1.29 is 4.79 Å². The average Bonchev–Trinajstić information content (AvgIpc) is 3.24. The third-order valence-electron chi connectivity index (χ3n) is 3.75. The molecule has 0 aromatic carbocycles. The van der Waals surface area contributed by atoms with E-state index < -0.39 is 0 Å². The molecule has 2 aliphatic rings. The van der Waals surface area contributed by atoms with Gasteiger partial charge in [-0.2, -0.15) is 0 Å². The van der Waals surface area contributed by atoms with Crippen LogP contribution in [0.4, 0.5) is 5.82 Å². The highest BCUT2D eigenvalue weighted by atomic mass is 79.9. The van der Waals surface area contributed by atoms with E-state index in [1.54, 1.807) is 0 Å². The summed E-state index contributed by atoms with van der Waals surface area (Å²) >= 11 is 3.40. The van der Waals surface area contributed by atoms with Crippen LogP contribution in [0.25, 0.3) is 0 Å². The van der Waals surface area contributed by atoms with E-state index in [0.717, 1.165) is 49.1 Å². The first kappa shape index (κ1) is 12.9. The molecule has 5 heteroatoms. The summed E-state index contributed by atoms with van der Waals surface area (Å²) < 4.78 is 0.992. The molecule has 1 saturated carbocycles. The van der Waals surface area contributed by atoms with Crippen molar-refractivity contribution in [3.05, 3.63) is 22.8 Å². The molecule has 1 aliphatic carbocycles. The molecule has 2 fully saturated rings. The summed E-state index contributed by atoms with van der Waals surface area (Å²) in [5.74, 6) is 1.53. The number of anilines is 1. The highest BCUT2D eigenvalue weighted by molar-refractivity contribution is 9.10. The predicted octanol–water partition coefficient (Wildman–Crippen LogP) is 2.34. The Morgan fingerprint density at radius 2 is 2.21 bits per heavy atom. The molecule has 4 nitrogen and oxygen atoms in total. The molecule has 1 N–H and O–H groups in total. The van der Waals surface area contributed by atoms with Gasteiger partial charge in [-0.3, -0.25) is 4.79 Å². The fourth-order valence-corrected chi connectivity index (χ4v) is 2.76. The Bertz CT molecular complexity index is 458. The third kappa shape index (κ3) is 3.26. The molecule has 1 aromatic rings. The van der Waals surface area contributed by atoms with E-state index in [1.165, 1.54) is 0 Å². The van der Waals surface area contributed by atoms with E-state index in [2.05, 4.69) is 31.1 Å². The molecule has 19 heavy (non-hydrogen) atoms. The van der Waals surface area contributed by atoms with Gasteiger partial charge in [0.15, 0.2) is 0 Å². The molecule has 0 spiro atoms. The van der Waals surface area contributed by atoms with E-state index in [-0.39, 0.29) is 11.9 Å². The highest BCUT2D eigenvalue weighted by Crippen LogP contribution is 2.29. The Balaban J connectivity index is 1.60. The average molecular weight is 324 g/mol. The molecule has 102 valence electrons. The normalized spacial score (nSPS) is 23.2. The maximum absolute atomic E-state index is 11.8. The number of hydrogen-bond acceptors (Lipinski definition) is 3. The molecule has 1 amide bonds. The fourth-order valence-electron chi connectivity index (χ4n) is 2.52. The van der Waals surface area contributed by atoms with Crippen molar-refractivity contribution in [2.45, 2.75) is 31.7 Å². The van der Waals surface area contributed by atoms with Crippen LogP contribution >= 0.6 is 15.9 Å². The number of amides is 1. The molecular formula is C14H18BrN3O. The Morgan fingerprint density at radius 1 is 1.37 bits per heavy atom. The second-order valence-electron chi connectivity index (χ2n) is 5.40. The molecule has 0 radical (unpaired) electrons. The molecular weight excluding hydrogens is 306 g/mol. The lowest BCUT2D eigenvalue weighted by Crippen LogP contribution is -2.48. The SMILES string of the molecule is O=C(NC1CCCN(c2ccc(Br)cn2)C1)C1CC1. The van der Waals surface area contributed by atoms with Crippen molar-refractivity contribution in [3.8, 4) is 0 Å². The smallest absolute Gasteiger partial charge is 0.223 e. The summed E-state index contributed by atoms with van der Waals surface area (Å²) in [7, 11) is 0. The van der Waals surface area contributed by atoms with Crippen LogP contribution in [0.15, 0.2) is 22.8 Å². The first-order chi connectivity index (χ1) is 9.22. The van der Waals surface area contributed by atoms with Gasteiger partial charge in [-0.15, -0.1) is 0 Å². The van der Waals surface area contributed by atoms with Gasteiger partial charge in [0.1, 0.15) is 5.82 Å². The summed E-state index contributed by atoms with van der Waals surface area (Å²) in [6, 6.07) is 4.30. The van der Waals surface area contributed by atoms with Gasteiger partial charge in [0.2, 0.25) is 5.91 Å². The van der Waals surface area contributed by atoms with Crippen molar-refractivity contribution in [1.82, 2.24) is 10.3 Å². The van der Waals surface area contributed by atoms with Crippen molar-refractivity contribution in [1.29, 1.82) is 0 Å². The van der Waals surface area contributed by atoms with Crippen molar-refractivity contribution >= 4 is 27.7 Å². The zero-order chi connectivity index (χ0) is 13.2. The van der Waals surface area contributed by atoms with E-state index in [9.17, 15) is 4.79 Å². The monoisotopic (exact) mass is 323 g/mol. The van der Waals surface area contributed by atoms with Crippen LogP contribution < -0.4 is 10.2 Å². The van der Waals surface area contributed by atoms with Gasteiger partial charge in [-0.1, -0.05) is 0 Å². The van der Waals surface area contributed by atoms with Crippen molar-refractivity contribution in [2.24, 2.45) is 5.92 Å². The first-order valence-electron chi connectivity index (χ1n) is 6.89. The number of rotatable bonds is 3. The largest absolute Gasteiger partial charge is 0.355 e. The van der Waals surface area contributed by atoms with Crippen molar-refractivity contribution in [2.75, 3.05) is 18.0 Å². The number of carbonyl (C=O) groups excluding carboxylic acids is 1. The van der Waals surface area contributed by atoms with E-state index in [1.807, 2.05) is 18.3 Å². The summed E-state index contributed by atoms with van der Waals surface area (Å²) in [6.07, 6.45) is 6.13. The molecule has 1 unspecified atom stereocenters. The first-order valence-corrected chi connectivity index (χ1v) is 7.68. The highest BCUT2D eigenvalue weighted by Gasteiger charge is 2.32. The Hall–Kier alpha value is -1.10. The van der Waals surface area contributed by atoms with E-state index in [4.69, 9.17) is 0 Å². The summed E-state index contributed by atoms with van der Waals surface area (Å²) in [6.45, 7) is 1.89. The van der Waals surface area contributed by atoms with E-state index >= 15 is 0 Å². The summed E-state index contributed by atoms with van der Waals surface area (Å²) in [4.78, 5) is 18.5. The Kier molecular flexibility index (Phi) is 3.73. The number of aromatic nitrogens is 1. The van der Waals surface area contributed by atoms with Gasteiger partial charge in [-0.25, -0.2) is 4.98 Å². The van der Waals surface area contributed by atoms with Gasteiger partial charge in [0, 0.05) is 35.7 Å². The lowest BCUT2D eigenvalue weighted by Gasteiger charge is -2.34. The second kappa shape index (κ2) is 5.49. The minimum absolute atomic E-state index is 0.246. The Morgan fingerprint density at radius 3 is 2.89 bits per heavy atom. The number of nitrogens with one attached hydrogen (secondary N) is 1. The number of pyridine rings is 1. The van der Waals surface area contributed by atoms with Crippen LogP contribution in [0.3, 0.4) is 0 Å². The lowest BCUT2D eigenvalue weighted by molar-refractivity contribution is -0.123. The third-order valence-corrected chi connectivity index (χ3v) is 4.22. The standard InChI is InChI=1S/C14H18BrN3O/c15-11-5-6-13(16-8-11)18-7-1-2-12(9-18)17-14(19)10-3-4-10/h5-6,8,10,12H,1-4,7,9H2,(H,17,19). The minimum atomic E-state index is 0.246. The summed E-state index contributed by atoms with van der Waals surface area (Å²) in [5, 5.41) is 3.17. The van der Waals surface area contributed by atoms with Gasteiger partial charge in [-0.05, 0) is 53.7 Å². The number of halogens is 1.